The van der Waals surface area contributed by atoms with Crippen molar-refractivity contribution in [3.8, 4) is 0 Å². The first-order valence-electron chi connectivity index (χ1n) is 10.4. The molecule has 0 atom stereocenters. The Morgan fingerprint density at radius 3 is 2.41 bits per heavy atom. The summed E-state index contributed by atoms with van der Waals surface area (Å²) in [5.41, 5.74) is 5.73. The lowest BCUT2D eigenvalue weighted by atomic mass is 10.2. The number of benzene rings is 2. The summed E-state index contributed by atoms with van der Waals surface area (Å²) in [6.07, 6.45) is 0. The van der Waals surface area contributed by atoms with Crippen LogP contribution in [0.25, 0.3) is 11.0 Å². The highest BCUT2D eigenvalue weighted by molar-refractivity contribution is 7.99. The average molecular weight is 486 g/mol. The fourth-order valence-corrected chi connectivity index (χ4v) is 4.57. The number of anilines is 1. The highest BCUT2D eigenvalue weighted by Crippen LogP contribution is 2.29. The Bertz CT molecular complexity index is 1480. The molecule has 4 rings (SSSR count). The Morgan fingerprint density at radius 1 is 1.06 bits per heavy atom. The summed E-state index contributed by atoms with van der Waals surface area (Å²) in [5.74, 6) is -1.29. The number of Topliss-reactive ketones (excluding diaryl/α,β-unsaturated/α-hetero) is 1. The number of nitrogens with two attached hydrogens (primary N) is 1. The number of rotatable bonds is 8. The number of alkyl halides is 2. The van der Waals surface area contributed by atoms with Crippen LogP contribution in [0.4, 0.5) is 14.6 Å². The number of ketones is 1. The predicted molar refractivity (Wildman–Crippen MR) is 127 cm³/mol. The number of nitrogen functional groups attached to an aromatic ring is 1. The van der Waals surface area contributed by atoms with Crippen molar-refractivity contribution >= 4 is 34.4 Å². The van der Waals surface area contributed by atoms with Gasteiger partial charge >= 0.3 is 12.2 Å². The Balaban J connectivity index is 1.71. The van der Waals surface area contributed by atoms with Gasteiger partial charge in [0.2, 0.25) is 0 Å². The number of hydrogen-bond acceptors (Lipinski definition) is 6. The molecule has 0 saturated carbocycles. The minimum absolute atomic E-state index is 0.0430. The molecular weight excluding hydrogens is 464 g/mol. The summed E-state index contributed by atoms with van der Waals surface area (Å²) in [6, 6.07) is 15.4. The minimum atomic E-state index is -2.86. The SMILES string of the molecule is CCn1c(=O)c(C(=O)CSc2nc3ccccc3n2C(F)F)c(N)n(Cc2ccccc2)c1=O. The van der Waals surface area contributed by atoms with Crippen molar-refractivity contribution in [3.05, 3.63) is 86.6 Å². The summed E-state index contributed by atoms with van der Waals surface area (Å²) < 4.78 is 30.2. The second kappa shape index (κ2) is 9.64. The third-order valence-corrected chi connectivity index (χ3v) is 6.29. The van der Waals surface area contributed by atoms with E-state index in [1.165, 1.54) is 10.6 Å². The van der Waals surface area contributed by atoms with Crippen molar-refractivity contribution in [3.63, 3.8) is 0 Å². The lowest BCUT2D eigenvalue weighted by Crippen LogP contribution is -2.44. The van der Waals surface area contributed by atoms with E-state index in [1.807, 2.05) is 6.07 Å². The molecule has 2 heterocycles. The number of imidazole rings is 1. The van der Waals surface area contributed by atoms with E-state index in [0.29, 0.717) is 5.52 Å². The number of fused-ring (bicyclic) bond motifs is 1. The Labute approximate surface area is 196 Å². The van der Waals surface area contributed by atoms with Crippen molar-refractivity contribution in [2.24, 2.45) is 0 Å². The normalized spacial score (nSPS) is 11.4. The zero-order valence-electron chi connectivity index (χ0n) is 18.1. The molecule has 0 aliphatic rings. The van der Waals surface area contributed by atoms with E-state index in [2.05, 4.69) is 4.98 Å². The largest absolute Gasteiger partial charge is 0.384 e. The monoisotopic (exact) mass is 485 g/mol. The van der Waals surface area contributed by atoms with E-state index in [1.54, 1.807) is 49.4 Å². The minimum Gasteiger partial charge on any atom is -0.384 e. The Kier molecular flexibility index (Phi) is 6.64. The Hall–Kier alpha value is -3.73. The molecule has 0 amide bonds. The first-order valence-corrected chi connectivity index (χ1v) is 11.4. The highest BCUT2D eigenvalue weighted by atomic mass is 32.2. The quantitative estimate of drug-likeness (QED) is 0.303. The van der Waals surface area contributed by atoms with Gasteiger partial charge < -0.3 is 5.73 Å². The zero-order valence-corrected chi connectivity index (χ0v) is 19.0. The summed E-state index contributed by atoms with van der Waals surface area (Å²) in [6.45, 7) is -1.14. The molecule has 0 spiro atoms. The van der Waals surface area contributed by atoms with E-state index in [0.717, 1.165) is 26.5 Å². The number of hydrogen-bond donors (Lipinski definition) is 1. The van der Waals surface area contributed by atoms with Crippen LogP contribution in [0.2, 0.25) is 0 Å². The van der Waals surface area contributed by atoms with E-state index in [-0.39, 0.29) is 40.9 Å². The second-order valence-corrected chi connectivity index (χ2v) is 8.35. The van der Waals surface area contributed by atoms with Gasteiger partial charge in [0.25, 0.3) is 5.56 Å². The summed E-state index contributed by atoms with van der Waals surface area (Å²) in [4.78, 5) is 43.0. The van der Waals surface area contributed by atoms with Gasteiger partial charge in [0.05, 0.1) is 23.3 Å². The van der Waals surface area contributed by atoms with Gasteiger partial charge in [0.15, 0.2) is 10.9 Å². The molecular formula is C23H21F2N5O3S. The molecule has 2 aromatic carbocycles. The van der Waals surface area contributed by atoms with Crippen molar-refractivity contribution in [2.75, 3.05) is 11.5 Å². The van der Waals surface area contributed by atoms with Gasteiger partial charge in [-0.3, -0.25) is 23.3 Å². The van der Waals surface area contributed by atoms with Crippen LogP contribution in [0.15, 0.2) is 69.3 Å². The number of para-hydroxylation sites is 2. The van der Waals surface area contributed by atoms with Gasteiger partial charge in [-0.15, -0.1) is 0 Å². The van der Waals surface area contributed by atoms with Gasteiger partial charge in [-0.2, -0.15) is 8.78 Å². The first-order chi connectivity index (χ1) is 16.3. The molecule has 0 radical (unpaired) electrons. The van der Waals surface area contributed by atoms with Crippen molar-refractivity contribution in [2.45, 2.75) is 31.7 Å². The van der Waals surface area contributed by atoms with Crippen LogP contribution in [-0.2, 0) is 13.1 Å². The first kappa shape index (κ1) is 23.4. The number of carbonyl (C=O) groups excluding carboxylic acids is 1. The lowest BCUT2D eigenvalue weighted by molar-refractivity contribution is 0.0656. The fraction of sp³-hybridized carbons (Fsp3) is 0.217. The number of thioether (sulfide) groups is 1. The molecule has 8 nitrogen and oxygen atoms in total. The fourth-order valence-electron chi connectivity index (χ4n) is 3.69. The molecule has 0 aliphatic carbocycles. The molecule has 2 aromatic heterocycles. The smallest absolute Gasteiger partial charge is 0.332 e. The molecule has 0 aliphatic heterocycles. The number of halogens is 2. The van der Waals surface area contributed by atoms with E-state index in [9.17, 15) is 23.2 Å². The molecule has 34 heavy (non-hydrogen) atoms. The molecule has 4 aromatic rings. The van der Waals surface area contributed by atoms with Gasteiger partial charge in [0.1, 0.15) is 11.4 Å². The molecule has 0 saturated heterocycles. The van der Waals surface area contributed by atoms with E-state index >= 15 is 0 Å². The third-order valence-electron chi connectivity index (χ3n) is 5.34. The second-order valence-electron chi connectivity index (χ2n) is 7.41. The summed E-state index contributed by atoms with van der Waals surface area (Å²) in [7, 11) is 0. The van der Waals surface area contributed by atoms with Gasteiger partial charge in [0, 0.05) is 6.54 Å². The maximum absolute atomic E-state index is 13.7. The molecule has 11 heteroatoms. The van der Waals surface area contributed by atoms with Crippen LogP contribution < -0.4 is 17.0 Å². The zero-order chi connectivity index (χ0) is 24.4. The number of nitrogens with zero attached hydrogens (tertiary/aromatic N) is 4. The van der Waals surface area contributed by atoms with Gasteiger partial charge in [-0.05, 0) is 24.6 Å². The van der Waals surface area contributed by atoms with Crippen molar-refractivity contribution in [1.82, 2.24) is 18.7 Å². The van der Waals surface area contributed by atoms with E-state index in [4.69, 9.17) is 5.73 Å². The molecule has 0 bridgehead atoms. The maximum Gasteiger partial charge on any atom is 0.332 e. The van der Waals surface area contributed by atoms with Crippen LogP contribution in [0.1, 0.15) is 29.4 Å². The number of carbonyl (C=O) groups is 1. The summed E-state index contributed by atoms with van der Waals surface area (Å²) >= 11 is 0.780. The topological polar surface area (TPSA) is 105 Å². The molecule has 176 valence electrons. The molecule has 2 N–H and O–H groups in total. The van der Waals surface area contributed by atoms with Crippen molar-refractivity contribution in [1.29, 1.82) is 0 Å². The standard InChI is InChI=1S/C23H21F2N5O3S/c1-2-28-20(32)18(19(26)29(23(28)33)12-14-8-4-3-5-9-14)17(31)13-34-22-27-15-10-6-7-11-16(15)30(22)21(24)25/h3-11,21H,2,12-13,26H2,1H3. The lowest BCUT2D eigenvalue weighted by Gasteiger charge is -2.16. The maximum atomic E-state index is 13.7. The van der Waals surface area contributed by atoms with Gasteiger partial charge in [-0.1, -0.05) is 54.2 Å². The molecule has 0 unspecified atom stereocenters. The van der Waals surface area contributed by atoms with Crippen LogP contribution >= 0.6 is 11.8 Å². The van der Waals surface area contributed by atoms with Crippen LogP contribution in [0, 0.1) is 0 Å². The summed E-state index contributed by atoms with van der Waals surface area (Å²) in [5, 5.41) is -0.0588. The molecule has 0 fully saturated rings. The van der Waals surface area contributed by atoms with Crippen molar-refractivity contribution < 1.29 is 13.6 Å². The number of aromatic nitrogens is 4. The van der Waals surface area contributed by atoms with Gasteiger partial charge in [-0.25, -0.2) is 9.78 Å². The third kappa shape index (κ3) is 4.26. The Morgan fingerprint density at radius 2 is 1.74 bits per heavy atom. The van der Waals surface area contributed by atoms with Crippen LogP contribution in [0.5, 0.6) is 0 Å². The van der Waals surface area contributed by atoms with E-state index < -0.39 is 23.6 Å². The van der Waals surface area contributed by atoms with Crippen LogP contribution in [0.3, 0.4) is 0 Å². The van der Waals surface area contributed by atoms with Crippen LogP contribution in [-0.4, -0.2) is 30.2 Å². The average Bonchev–Trinajstić information content (AvgIpc) is 3.20. The predicted octanol–water partition coefficient (Wildman–Crippen LogP) is 3.38. The highest BCUT2D eigenvalue weighted by Gasteiger charge is 2.24.